The maximum Gasteiger partial charge on any atom is 0.220 e. The number of hydrogen-bond acceptors (Lipinski definition) is 3. The first-order valence-electron chi connectivity index (χ1n) is 6.61. The molecule has 0 saturated heterocycles. The molecule has 1 unspecified atom stereocenters. The second-order valence-electron chi connectivity index (χ2n) is 4.61. The molecule has 0 aliphatic carbocycles. The summed E-state index contributed by atoms with van der Waals surface area (Å²) in [5, 5.41) is 2.82. The van der Waals surface area contributed by atoms with Crippen LogP contribution in [-0.4, -0.2) is 10.9 Å². The lowest BCUT2D eigenvalue weighted by Gasteiger charge is -2.09. The number of benzene rings is 1. The van der Waals surface area contributed by atoms with E-state index in [1.54, 1.807) is 18.3 Å². The second kappa shape index (κ2) is 6.32. The number of halogens is 1. The molecule has 1 heterocycles. The zero-order valence-corrected chi connectivity index (χ0v) is 11.5. The van der Waals surface area contributed by atoms with Gasteiger partial charge in [-0.3, -0.25) is 4.79 Å². The van der Waals surface area contributed by atoms with Crippen LogP contribution in [0.4, 0.5) is 4.39 Å². The summed E-state index contributed by atoms with van der Waals surface area (Å²) in [5.41, 5.74) is 0.747. The highest BCUT2D eigenvalue weighted by Crippen LogP contribution is 2.23. The van der Waals surface area contributed by atoms with E-state index < -0.39 is 0 Å². The minimum Gasteiger partial charge on any atom is -0.438 e. The van der Waals surface area contributed by atoms with Crippen LogP contribution in [0, 0.1) is 5.82 Å². The smallest absolute Gasteiger partial charge is 0.220 e. The molecule has 1 aromatic carbocycles. The first kappa shape index (κ1) is 14.2. The van der Waals surface area contributed by atoms with Gasteiger partial charge in [-0.25, -0.2) is 9.37 Å². The summed E-state index contributed by atoms with van der Waals surface area (Å²) in [6.45, 7) is 3.76. The first-order valence-corrected chi connectivity index (χ1v) is 6.61. The molecule has 0 aliphatic rings. The van der Waals surface area contributed by atoms with Crippen LogP contribution in [0.15, 0.2) is 34.9 Å². The Kier molecular flexibility index (Phi) is 4.50. The molecule has 2 rings (SSSR count). The molecule has 4 nitrogen and oxygen atoms in total. The summed E-state index contributed by atoms with van der Waals surface area (Å²) in [5.74, 6) is 0.667. The monoisotopic (exact) mass is 276 g/mol. The fourth-order valence-electron chi connectivity index (χ4n) is 1.84. The Morgan fingerprint density at radius 1 is 1.40 bits per heavy atom. The van der Waals surface area contributed by atoms with E-state index in [1.165, 1.54) is 12.1 Å². The first-order chi connectivity index (χ1) is 9.60. The van der Waals surface area contributed by atoms with Crippen molar-refractivity contribution in [1.29, 1.82) is 0 Å². The molecular weight excluding hydrogens is 259 g/mol. The Morgan fingerprint density at radius 2 is 2.10 bits per heavy atom. The lowest BCUT2D eigenvalue weighted by molar-refractivity contribution is -0.121. The van der Waals surface area contributed by atoms with Gasteiger partial charge in [-0.1, -0.05) is 6.92 Å². The lowest BCUT2D eigenvalue weighted by atomic mass is 10.2. The molecule has 20 heavy (non-hydrogen) atoms. The number of carbonyl (C=O) groups is 1. The number of aromatic nitrogens is 1. The van der Waals surface area contributed by atoms with Gasteiger partial charge in [0.05, 0.1) is 6.20 Å². The van der Waals surface area contributed by atoms with Crippen molar-refractivity contribution in [2.75, 3.05) is 0 Å². The highest BCUT2D eigenvalue weighted by molar-refractivity contribution is 5.76. The maximum absolute atomic E-state index is 12.9. The van der Waals surface area contributed by atoms with Crippen molar-refractivity contribution in [3.8, 4) is 11.3 Å². The number of oxazole rings is 1. The van der Waals surface area contributed by atoms with Gasteiger partial charge in [-0.15, -0.1) is 0 Å². The van der Waals surface area contributed by atoms with Gasteiger partial charge in [0, 0.05) is 12.0 Å². The normalized spacial score (nSPS) is 12.2. The summed E-state index contributed by atoms with van der Waals surface area (Å²) in [6.07, 6.45) is 2.85. The summed E-state index contributed by atoms with van der Waals surface area (Å²) in [4.78, 5) is 15.7. The van der Waals surface area contributed by atoms with E-state index in [9.17, 15) is 9.18 Å². The number of amides is 1. The summed E-state index contributed by atoms with van der Waals surface area (Å²) in [7, 11) is 0. The fraction of sp³-hybridized carbons (Fsp3) is 0.333. The maximum atomic E-state index is 12.9. The molecule has 0 saturated carbocycles. The molecule has 0 fully saturated rings. The summed E-state index contributed by atoms with van der Waals surface area (Å²) in [6, 6.07) is 5.69. The topological polar surface area (TPSA) is 55.1 Å². The van der Waals surface area contributed by atoms with Crippen LogP contribution < -0.4 is 5.32 Å². The zero-order chi connectivity index (χ0) is 14.5. The Hall–Kier alpha value is -2.17. The van der Waals surface area contributed by atoms with Crippen LogP contribution in [0.25, 0.3) is 11.3 Å². The van der Waals surface area contributed by atoms with Crippen molar-refractivity contribution in [1.82, 2.24) is 10.3 Å². The SMILES string of the molecule is CCCC(=O)NC(C)c1ncc(-c2ccc(F)cc2)o1. The number of nitrogens with zero attached hydrogens (tertiary/aromatic N) is 1. The zero-order valence-electron chi connectivity index (χ0n) is 11.5. The Labute approximate surface area is 117 Å². The van der Waals surface area contributed by atoms with Gasteiger partial charge in [0.25, 0.3) is 0 Å². The van der Waals surface area contributed by atoms with Crippen LogP contribution in [0.5, 0.6) is 0 Å². The van der Waals surface area contributed by atoms with E-state index in [2.05, 4.69) is 10.3 Å². The summed E-state index contributed by atoms with van der Waals surface area (Å²) < 4.78 is 18.5. The van der Waals surface area contributed by atoms with Crippen LogP contribution in [-0.2, 0) is 4.79 Å². The predicted octanol–water partition coefficient (Wildman–Crippen LogP) is 3.46. The predicted molar refractivity (Wildman–Crippen MR) is 73.4 cm³/mol. The molecule has 1 N–H and O–H groups in total. The highest BCUT2D eigenvalue weighted by Gasteiger charge is 2.15. The van der Waals surface area contributed by atoms with Crippen molar-refractivity contribution >= 4 is 5.91 Å². The van der Waals surface area contributed by atoms with E-state index in [-0.39, 0.29) is 17.8 Å². The van der Waals surface area contributed by atoms with Crippen LogP contribution >= 0.6 is 0 Å². The average molecular weight is 276 g/mol. The lowest BCUT2D eigenvalue weighted by Crippen LogP contribution is -2.26. The number of carbonyl (C=O) groups excluding carboxylic acids is 1. The molecular formula is C15H17FN2O2. The van der Waals surface area contributed by atoms with Crippen LogP contribution in [0.3, 0.4) is 0 Å². The van der Waals surface area contributed by atoms with Gasteiger partial charge < -0.3 is 9.73 Å². The van der Waals surface area contributed by atoms with E-state index in [4.69, 9.17) is 4.42 Å². The van der Waals surface area contributed by atoms with Gasteiger partial charge >= 0.3 is 0 Å². The quantitative estimate of drug-likeness (QED) is 0.909. The third-order valence-electron chi connectivity index (χ3n) is 2.88. The van der Waals surface area contributed by atoms with E-state index in [1.807, 2.05) is 13.8 Å². The largest absolute Gasteiger partial charge is 0.438 e. The molecule has 0 spiro atoms. The Bertz CT molecular complexity index is 578. The molecule has 0 radical (unpaired) electrons. The van der Waals surface area contributed by atoms with Crippen LogP contribution in [0.2, 0.25) is 0 Å². The highest BCUT2D eigenvalue weighted by atomic mass is 19.1. The third-order valence-corrected chi connectivity index (χ3v) is 2.88. The Morgan fingerprint density at radius 3 is 2.75 bits per heavy atom. The molecule has 1 atom stereocenters. The second-order valence-corrected chi connectivity index (χ2v) is 4.61. The van der Waals surface area contributed by atoms with Crippen LogP contribution in [0.1, 0.15) is 38.6 Å². The summed E-state index contributed by atoms with van der Waals surface area (Å²) >= 11 is 0. The fourth-order valence-corrected chi connectivity index (χ4v) is 1.84. The number of rotatable bonds is 5. The molecule has 106 valence electrons. The van der Waals surface area contributed by atoms with Crippen molar-refractivity contribution in [2.45, 2.75) is 32.7 Å². The number of nitrogens with one attached hydrogen (secondary N) is 1. The van der Waals surface area contributed by atoms with E-state index in [0.29, 0.717) is 18.1 Å². The molecule has 2 aromatic rings. The van der Waals surface area contributed by atoms with E-state index >= 15 is 0 Å². The minimum atomic E-state index is -0.298. The van der Waals surface area contributed by atoms with Crippen molar-refractivity contribution in [2.24, 2.45) is 0 Å². The van der Waals surface area contributed by atoms with Crippen molar-refractivity contribution < 1.29 is 13.6 Å². The average Bonchev–Trinajstić information content (AvgIpc) is 2.89. The van der Waals surface area contributed by atoms with Gasteiger partial charge in [0.1, 0.15) is 11.9 Å². The molecule has 0 bridgehead atoms. The van der Waals surface area contributed by atoms with Gasteiger partial charge in [0.2, 0.25) is 11.8 Å². The molecule has 0 aliphatic heterocycles. The standard InChI is InChI=1S/C15H17FN2O2/c1-3-4-14(19)18-10(2)15-17-9-13(20-15)11-5-7-12(16)8-6-11/h5-10H,3-4H2,1-2H3,(H,18,19). The van der Waals surface area contributed by atoms with E-state index in [0.717, 1.165) is 12.0 Å². The van der Waals surface area contributed by atoms with Gasteiger partial charge in [-0.2, -0.15) is 0 Å². The molecule has 1 aromatic heterocycles. The van der Waals surface area contributed by atoms with Crippen molar-refractivity contribution in [3.63, 3.8) is 0 Å². The van der Waals surface area contributed by atoms with Crippen molar-refractivity contribution in [3.05, 3.63) is 42.2 Å². The van der Waals surface area contributed by atoms with Gasteiger partial charge in [-0.05, 0) is 37.6 Å². The third kappa shape index (κ3) is 3.44. The molecule has 1 amide bonds. The number of hydrogen-bond donors (Lipinski definition) is 1. The van der Waals surface area contributed by atoms with Gasteiger partial charge in [0.15, 0.2) is 5.76 Å². The molecule has 5 heteroatoms. The minimum absolute atomic E-state index is 0.0264. The Balaban J connectivity index is 2.08.